The fourth-order valence-electron chi connectivity index (χ4n) is 2.96. The van der Waals surface area contributed by atoms with Gasteiger partial charge in [0.25, 0.3) is 5.91 Å². The number of nitrogens with one attached hydrogen (secondary N) is 1. The molecule has 0 radical (unpaired) electrons. The maximum Gasteiger partial charge on any atom is 0.260 e. The number of nitrogens with zero attached hydrogens (tertiary/aromatic N) is 3. The molecule has 2 aromatic carbocycles. The largest absolute Gasteiger partial charge is 0.490 e. The maximum atomic E-state index is 12.3. The molecule has 0 fully saturated rings. The number of aryl methyl sites for hydroxylation is 1. The van der Waals surface area contributed by atoms with E-state index in [0.717, 1.165) is 28.8 Å². The smallest absolute Gasteiger partial charge is 0.260 e. The van der Waals surface area contributed by atoms with E-state index in [1.165, 1.54) is 0 Å². The number of carbonyl (C=O) groups is 1. The molecule has 3 rings (SSSR count). The van der Waals surface area contributed by atoms with Gasteiger partial charge in [0.1, 0.15) is 12.4 Å². The average molecular weight is 394 g/mol. The van der Waals surface area contributed by atoms with Crippen LogP contribution in [0.2, 0.25) is 0 Å². The summed E-state index contributed by atoms with van der Waals surface area (Å²) in [5, 5.41) is 4.07. The van der Waals surface area contributed by atoms with Crippen molar-refractivity contribution in [2.45, 2.75) is 33.7 Å². The highest BCUT2D eigenvalue weighted by molar-refractivity contribution is 5.84. The fourth-order valence-corrected chi connectivity index (χ4v) is 2.96. The fraction of sp³-hybridized carbons (Fsp3) is 0.318. The predicted octanol–water partition coefficient (Wildman–Crippen LogP) is 3.68. The summed E-state index contributed by atoms with van der Waals surface area (Å²) < 4.78 is 13.2. The van der Waals surface area contributed by atoms with Crippen molar-refractivity contribution in [3.63, 3.8) is 0 Å². The molecule has 0 atom stereocenters. The topological polar surface area (TPSA) is 77.7 Å². The summed E-state index contributed by atoms with van der Waals surface area (Å²) in [7, 11) is 0. The number of benzene rings is 2. The van der Waals surface area contributed by atoms with E-state index in [0.29, 0.717) is 24.7 Å². The molecule has 0 unspecified atom stereocenters. The summed E-state index contributed by atoms with van der Waals surface area (Å²) in [4.78, 5) is 16.8. The van der Waals surface area contributed by atoms with Crippen LogP contribution in [0.4, 0.5) is 0 Å². The Morgan fingerprint density at radius 2 is 2.00 bits per heavy atom. The van der Waals surface area contributed by atoms with Gasteiger partial charge in [0.05, 0.1) is 30.5 Å². The van der Waals surface area contributed by atoms with Crippen LogP contribution < -0.4 is 14.9 Å². The molecule has 1 amide bonds. The first kappa shape index (κ1) is 20.4. The van der Waals surface area contributed by atoms with Crippen molar-refractivity contribution in [1.82, 2.24) is 15.0 Å². The number of hydrogen-bond acceptors (Lipinski definition) is 5. The number of fused-ring (bicyclic) bond motifs is 1. The molecule has 1 N–H and O–H groups in total. The number of ether oxygens (including phenoxy) is 2. The molecule has 0 saturated carbocycles. The van der Waals surface area contributed by atoms with E-state index in [4.69, 9.17) is 9.47 Å². The number of rotatable bonds is 9. The number of hydrazone groups is 1. The molecule has 0 aliphatic heterocycles. The van der Waals surface area contributed by atoms with Crippen molar-refractivity contribution < 1.29 is 14.3 Å². The molecular formula is C22H26N4O3. The van der Waals surface area contributed by atoms with Crippen molar-refractivity contribution in [2.75, 3.05) is 13.2 Å². The minimum atomic E-state index is -0.222. The van der Waals surface area contributed by atoms with Crippen LogP contribution in [0.15, 0.2) is 47.6 Å². The molecule has 0 aliphatic carbocycles. The van der Waals surface area contributed by atoms with E-state index in [1.807, 2.05) is 60.9 Å². The summed E-state index contributed by atoms with van der Waals surface area (Å²) in [6.07, 6.45) is 2.51. The van der Waals surface area contributed by atoms with E-state index in [2.05, 4.69) is 22.4 Å². The van der Waals surface area contributed by atoms with E-state index in [-0.39, 0.29) is 12.5 Å². The van der Waals surface area contributed by atoms with Gasteiger partial charge in [0, 0.05) is 0 Å². The van der Waals surface area contributed by atoms with E-state index in [9.17, 15) is 4.79 Å². The Bertz CT molecular complexity index is 1010. The second-order valence-electron chi connectivity index (χ2n) is 6.51. The van der Waals surface area contributed by atoms with Gasteiger partial charge >= 0.3 is 0 Å². The molecule has 1 aromatic heterocycles. The van der Waals surface area contributed by atoms with Crippen molar-refractivity contribution in [1.29, 1.82) is 0 Å². The first-order valence-corrected chi connectivity index (χ1v) is 9.75. The highest BCUT2D eigenvalue weighted by Gasteiger charge is 2.10. The number of hydrogen-bond donors (Lipinski definition) is 1. The molecule has 29 heavy (non-hydrogen) atoms. The van der Waals surface area contributed by atoms with Crippen LogP contribution in [-0.2, 0) is 11.3 Å². The zero-order chi connectivity index (χ0) is 20.6. The summed E-state index contributed by atoms with van der Waals surface area (Å²) in [5.41, 5.74) is 5.17. The van der Waals surface area contributed by atoms with Crippen molar-refractivity contribution >= 4 is 23.2 Å². The van der Waals surface area contributed by atoms with Gasteiger partial charge in [-0.05, 0) is 56.2 Å². The summed E-state index contributed by atoms with van der Waals surface area (Å²) in [6, 6.07) is 13.3. The summed E-state index contributed by atoms with van der Waals surface area (Å²) >= 11 is 0. The van der Waals surface area contributed by atoms with E-state index >= 15 is 0 Å². The van der Waals surface area contributed by atoms with E-state index in [1.54, 1.807) is 6.21 Å². The highest BCUT2D eigenvalue weighted by Crippen LogP contribution is 2.28. The zero-order valence-corrected chi connectivity index (χ0v) is 17.0. The second-order valence-corrected chi connectivity index (χ2v) is 6.51. The molecule has 7 nitrogen and oxygen atoms in total. The molecule has 0 aliphatic rings. The normalized spacial score (nSPS) is 11.1. The lowest BCUT2D eigenvalue weighted by molar-refractivity contribution is -0.121. The lowest BCUT2D eigenvalue weighted by Crippen LogP contribution is -2.23. The molecular weight excluding hydrogens is 368 g/mol. The number of amides is 1. The molecule has 7 heteroatoms. The van der Waals surface area contributed by atoms with Crippen LogP contribution in [0, 0.1) is 6.92 Å². The minimum absolute atomic E-state index is 0.150. The van der Waals surface area contributed by atoms with Crippen molar-refractivity contribution in [3.05, 3.63) is 53.9 Å². The van der Waals surface area contributed by atoms with Crippen molar-refractivity contribution in [3.8, 4) is 11.5 Å². The standard InChI is InChI=1S/C22H26N4O3/c1-4-12-29-20-11-10-17(13-21(20)28-5-2)14-23-25-22(27)15-26-16(3)24-18-8-6-7-9-19(18)26/h6-11,13-14H,4-5,12,15H2,1-3H3,(H,25,27)/b23-14-. The van der Waals surface area contributed by atoms with Crippen LogP contribution >= 0.6 is 0 Å². The molecule has 152 valence electrons. The molecule has 3 aromatic rings. The van der Waals surface area contributed by atoms with Gasteiger partial charge in [0.15, 0.2) is 11.5 Å². The Balaban J connectivity index is 1.65. The third kappa shape index (κ3) is 5.13. The Labute approximate surface area is 170 Å². The second kappa shape index (κ2) is 9.73. The Hall–Kier alpha value is -3.35. The molecule has 0 saturated heterocycles. The minimum Gasteiger partial charge on any atom is -0.490 e. The first-order valence-electron chi connectivity index (χ1n) is 9.75. The third-order valence-corrected chi connectivity index (χ3v) is 4.28. The highest BCUT2D eigenvalue weighted by atomic mass is 16.5. The van der Waals surface area contributed by atoms with Crippen LogP contribution in [0.5, 0.6) is 11.5 Å². The monoisotopic (exact) mass is 394 g/mol. The number of aromatic nitrogens is 2. The molecule has 0 bridgehead atoms. The number of para-hydroxylation sites is 2. The van der Waals surface area contributed by atoms with Crippen LogP contribution in [0.3, 0.4) is 0 Å². The van der Waals surface area contributed by atoms with Crippen molar-refractivity contribution in [2.24, 2.45) is 5.10 Å². The Morgan fingerprint density at radius 1 is 1.17 bits per heavy atom. The lowest BCUT2D eigenvalue weighted by Gasteiger charge is -2.11. The number of imidazole rings is 1. The van der Waals surface area contributed by atoms with E-state index < -0.39 is 0 Å². The number of carbonyl (C=O) groups excluding carboxylic acids is 1. The SMILES string of the molecule is CCCOc1ccc(/C=N\NC(=O)Cn2c(C)nc3ccccc32)cc1OCC. The quantitative estimate of drug-likeness (QED) is 0.444. The van der Waals surface area contributed by atoms with Gasteiger partial charge in [-0.15, -0.1) is 0 Å². The predicted molar refractivity (Wildman–Crippen MR) is 114 cm³/mol. The van der Waals surface area contributed by atoms with Gasteiger partial charge in [-0.1, -0.05) is 19.1 Å². The summed E-state index contributed by atoms with van der Waals surface area (Å²) in [6.45, 7) is 7.18. The van der Waals surface area contributed by atoms with Crippen LogP contribution in [0.25, 0.3) is 11.0 Å². The van der Waals surface area contributed by atoms with Gasteiger partial charge < -0.3 is 14.0 Å². The molecule has 0 spiro atoms. The van der Waals surface area contributed by atoms with Gasteiger partial charge in [-0.3, -0.25) is 4.79 Å². The Kier molecular flexibility index (Phi) is 6.84. The zero-order valence-electron chi connectivity index (χ0n) is 17.0. The van der Waals surface area contributed by atoms with Crippen LogP contribution in [-0.4, -0.2) is 34.9 Å². The Morgan fingerprint density at radius 3 is 2.79 bits per heavy atom. The van der Waals surface area contributed by atoms with Gasteiger partial charge in [0.2, 0.25) is 0 Å². The average Bonchev–Trinajstić information content (AvgIpc) is 3.03. The summed E-state index contributed by atoms with van der Waals surface area (Å²) in [5.74, 6) is 1.93. The lowest BCUT2D eigenvalue weighted by atomic mass is 10.2. The van der Waals surface area contributed by atoms with Crippen LogP contribution in [0.1, 0.15) is 31.7 Å². The molecule has 1 heterocycles. The maximum absolute atomic E-state index is 12.3. The van der Waals surface area contributed by atoms with Gasteiger partial charge in [-0.25, -0.2) is 10.4 Å². The third-order valence-electron chi connectivity index (χ3n) is 4.28. The first-order chi connectivity index (χ1) is 14.1. The van der Waals surface area contributed by atoms with Gasteiger partial charge in [-0.2, -0.15) is 5.10 Å².